The normalized spacial score (nSPS) is 16.5. The van der Waals surface area contributed by atoms with Gasteiger partial charge in [0.1, 0.15) is 5.75 Å². The summed E-state index contributed by atoms with van der Waals surface area (Å²) in [7, 11) is 0. The lowest BCUT2D eigenvalue weighted by Gasteiger charge is -2.30. The van der Waals surface area contributed by atoms with Gasteiger partial charge in [-0.1, -0.05) is 30.5 Å². The van der Waals surface area contributed by atoms with E-state index in [1.54, 1.807) is 23.5 Å². The number of hydrogen-bond acceptors (Lipinski definition) is 4. The quantitative estimate of drug-likeness (QED) is 0.716. The molecule has 0 bridgehead atoms. The van der Waals surface area contributed by atoms with Crippen LogP contribution in [0.2, 0.25) is 5.02 Å². The first-order valence-corrected chi connectivity index (χ1v) is 10.8. The van der Waals surface area contributed by atoms with Crippen LogP contribution in [0.1, 0.15) is 42.2 Å². The fourth-order valence-electron chi connectivity index (χ4n) is 3.41. The molecule has 0 spiro atoms. The van der Waals surface area contributed by atoms with Gasteiger partial charge in [0.2, 0.25) is 0 Å². The van der Waals surface area contributed by atoms with Gasteiger partial charge in [0.25, 0.3) is 5.91 Å². The Labute approximate surface area is 170 Å². The molecule has 6 heteroatoms. The van der Waals surface area contributed by atoms with Gasteiger partial charge >= 0.3 is 0 Å². The number of rotatable bonds is 7. The summed E-state index contributed by atoms with van der Waals surface area (Å²) >= 11 is 7.78. The summed E-state index contributed by atoms with van der Waals surface area (Å²) in [6.07, 6.45) is 5.06. The Morgan fingerprint density at radius 3 is 2.70 bits per heavy atom. The van der Waals surface area contributed by atoms with Crippen LogP contribution in [0.3, 0.4) is 0 Å². The lowest BCUT2D eigenvalue weighted by molar-refractivity contribution is -0.123. The number of nitrogens with one attached hydrogen (secondary N) is 1. The summed E-state index contributed by atoms with van der Waals surface area (Å²) in [6, 6.07) is 9.91. The Kier molecular flexibility index (Phi) is 7.56. The van der Waals surface area contributed by atoms with E-state index in [1.165, 1.54) is 30.6 Å². The van der Waals surface area contributed by atoms with Crippen molar-refractivity contribution >= 4 is 28.8 Å². The number of thiophene rings is 1. The molecule has 146 valence electrons. The van der Waals surface area contributed by atoms with Crippen LogP contribution in [0.5, 0.6) is 5.75 Å². The molecule has 4 nitrogen and oxygen atoms in total. The molecule has 2 aromatic rings. The molecule has 0 aliphatic carbocycles. The van der Waals surface area contributed by atoms with Gasteiger partial charge in [0.05, 0.1) is 6.04 Å². The lowest BCUT2D eigenvalue weighted by Crippen LogP contribution is -2.39. The van der Waals surface area contributed by atoms with Crippen LogP contribution in [-0.4, -0.2) is 37.0 Å². The van der Waals surface area contributed by atoms with Gasteiger partial charge in [-0.2, -0.15) is 0 Å². The van der Waals surface area contributed by atoms with Crippen LogP contribution in [0, 0.1) is 6.92 Å². The summed E-state index contributed by atoms with van der Waals surface area (Å²) in [5.41, 5.74) is 0.938. The highest BCUT2D eigenvalue weighted by Gasteiger charge is 2.23. The van der Waals surface area contributed by atoms with Crippen LogP contribution in [0.25, 0.3) is 0 Å². The van der Waals surface area contributed by atoms with Crippen LogP contribution >= 0.6 is 22.9 Å². The molecule has 1 atom stereocenters. The topological polar surface area (TPSA) is 41.6 Å². The second kappa shape index (κ2) is 10.1. The summed E-state index contributed by atoms with van der Waals surface area (Å²) in [5, 5.41) is 5.86. The number of amides is 1. The van der Waals surface area contributed by atoms with E-state index < -0.39 is 0 Å². The molecule has 1 N–H and O–H groups in total. The first-order valence-electron chi connectivity index (χ1n) is 9.56. The summed E-state index contributed by atoms with van der Waals surface area (Å²) in [6.45, 7) is 4.74. The van der Waals surface area contributed by atoms with Crippen molar-refractivity contribution in [3.05, 3.63) is 51.2 Å². The van der Waals surface area contributed by atoms with E-state index in [9.17, 15) is 4.79 Å². The average Bonchev–Trinajstić information content (AvgIpc) is 3.06. The van der Waals surface area contributed by atoms with Crippen molar-refractivity contribution in [3.8, 4) is 5.75 Å². The molecule has 1 aliphatic rings. The zero-order valence-corrected chi connectivity index (χ0v) is 17.3. The zero-order valence-electron chi connectivity index (χ0n) is 15.7. The van der Waals surface area contributed by atoms with E-state index in [0.717, 1.165) is 18.7 Å². The molecule has 1 aliphatic heterocycles. The van der Waals surface area contributed by atoms with E-state index >= 15 is 0 Å². The van der Waals surface area contributed by atoms with Crippen LogP contribution < -0.4 is 10.1 Å². The number of hydrogen-bond donors (Lipinski definition) is 1. The number of carbonyl (C=O) groups excluding carboxylic acids is 1. The van der Waals surface area contributed by atoms with Crippen molar-refractivity contribution in [3.63, 3.8) is 0 Å². The number of likely N-dealkylation sites (tertiary alicyclic amines) is 1. The molecular weight excluding hydrogens is 380 g/mol. The van der Waals surface area contributed by atoms with Gasteiger partial charge in [-0.25, -0.2) is 0 Å². The molecule has 27 heavy (non-hydrogen) atoms. The fraction of sp³-hybridized carbons (Fsp3) is 0.476. The van der Waals surface area contributed by atoms with E-state index in [1.807, 2.05) is 13.0 Å². The Morgan fingerprint density at radius 2 is 2.04 bits per heavy atom. The van der Waals surface area contributed by atoms with E-state index in [0.29, 0.717) is 17.3 Å². The van der Waals surface area contributed by atoms with Crippen molar-refractivity contribution in [1.29, 1.82) is 0 Å². The second-order valence-electron chi connectivity index (χ2n) is 6.99. The molecule has 0 radical (unpaired) electrons. The van der Waals surface area contributed by atoms with E-state index in [-0.39, 0.29) is 18.6 Å². The molecule has 3 rings (SSSR count). The number of aryl methyl sites for hydroxylation is 1. The van der Waals surface area contributed by atoms with Crippen LogP contribution in [0.15, 0.2) is 35.7 Å². The standard InChI is InChI=1S/C21H27ClN2O2S/c1-16-13-17(8-9-18(16)22)26-15-21(25)23-14-19(20-7-6-12-27-20)24-10-4-2-3-5-11-24/h6-9,12-13,19H,2-5,10-11,14-15H2,1H3,(H,23,25)/t19-/m1/s1. The minimum absolute atomic E-state index is 0.0121. The Morgan fingerprint density at radius 1 is 1.26 bits per heavy atom. The molecule has 1 fully saturated rings. The van der Waals surface area contributed by atoms with Gasteiger partial charge in [0, 0.05) is 16.4 Å². The van der Waals surface area contributed by atoms with Crippen molar-refractivity contribution in [2.24, 2.45) is 0 Å². The molecule has 0 unspecified atom stereocenters. The number of halogens is 1. The van der Waals surface area contributed by atoms with Gasteiger partial charge in [-0.3, -0.25) is 9.69 Å². The molecule has 2 heterocycles. The van der Waals surface area contributed by atoms with Crippen LogP contribution in [0.4, 0.5) is 0 Å². The zero-order chi connectivity index (χ0) is 19.1. The highest BCUT2D eigenvalue weighted by atomic mass is 35.5. The summed E-state index contributed by atoms with van der Waals surface area (Å²) < 4.78 is 5.61. The maximum Gasteiger partial charge on any atom is 0.258 e. The molecular formula is C21H27ClN2O2S. The fourth-order valence-corrected chi connectivity index (χ4v) is 4.39. The smallest absolute Gasteiger partial charge is 0.258 e. The Balaban J connectivity index is 1.54. The van der Waals surface area contributed by atoms with Crippen LogP contribution in [-0.2, 0) is 4.79 Å². The lowest BCUT2D eigenvalue weighted by atomic mass is 10.2. The summed E-state index contributed by atoms with van der Waals surface area (Å²) in [4.78, 5) is 16.1. The predicted octanol–water partition coefficient (Wildman–Crippen LogP) is 4.82. The third-order valence-electron chi connectivity index (χ3n) is 4.94. The second-order valence-corrected chi connectivity index (χ2v) is 8.37. The molecule has 1 amide bonds. The highest BCUT2D eigenvalue weighted by molar-refractivity contribution is 7.10. The number of nitrogens with zero attached hydrogens (tertiary/aromatic N) is 1. The maximum atomic E-state index is 12.3. The number of carbonyl (C=O) groups is 1. The third kappa shape index (κ3) is 5.96. The van der Waals surface area contributed by atoms with E-state index in [2.05, 4.69) is 27.7 Å². The minimum Gasteiger partial charge on any atom is -0.484 e. The Hall–Kier alpha value is -1.56. The monoisotopic (exact) mass is 406 g/mol. The first-order chi connectivity index (χ1) is 13.1. The van der Waals surface area contributed by atoms with Crippen molar-refractivity contribution in [2.75, 3.05) is 26.2 Å². The average molecular weight is 407 g/mol. The van der Waals surface area contributed by atoms with Gasteiger partial charge in [-0.05, 0) is 68.1 Å². The number of benzene rings is 1. The number of ether oxygens (including phenoxy) is 1. The van der Waals surface area contributed by atoms with Gasteiger partial charge < -0.3 is 10.1 Å². The molecule has 0 saturated carbocycles. The third-order valence-corrected chi connectivity index (χ3v) is 6.34. The van der Waals surface area contributed by atoms with Crippen molar-refractivity contribution in [2.45, 2.75) is 38.6 Å². The van der Waals surface area contributed by atoms with Gasteiger partial charge in [-0.15, -0.1) is 11.3 Å². The van der Waals surface area contributed by atoms with Gasteiger partial charge in [0.15, 0.2) is 6.61 Å². The first kappa shape index (κ1) is 20.2. The SMILES string of the molecule is Cc1cc(OCC(=O)NC[C@H](c2cccs2)N2CCCCCC2)ccc1Cl. The summed E-state index contributed by atoms with van der Waals surface area (Å²) in [5.74, 6) is 0.563. The highest BCUT2D eigenvalue weighted by Crippen LogP contribution is 2.27. The molecule has 1 aromatic carbocycles. The maximum absolute atomic E-state index is 12.3. The van der Waals surface area contributed by atoms with E-state index in [4.69, 9.17) is 16.3 Å². The Bertz CT molecular complexity index is 728. The van der Waals surface area contributed by atoms with Crippen molar-refractivity contribution < 1.29 is 9.53 Å². The largest absolute Gasteiger partial charge is 0.484 e. The molecule has 1 saturated heterocycles. The minimum atomic E-state index is -0.0982. The van der Waals surface area contributed by atoms with Crippen molar-refractivity contribution in [1.82, 2.24) is 10.2 Å². The predicted molar refractivity (Wildman–Crippen MR) is 112 cm³/mol. The molecule has 1 aromatic heterocycles.